The number of aromatic nitrogens is 2. The molecule has 0 saturated carbocycles. The number of carbonyl (C=O) groups excluding carboxylic acids is 1. The number of hydrogen-bond acceptors (Lipinski definition) is 5. The predicted molar refractivity (Wildman–Crippen MR) is 131 cm³/mol. The lowest BCUT2D eigenvalue weighted by Crippen LogP contribution is -2.29. The molecule has 0 radical (unpaired) electrons. The van der Waals surface area contributed by atoms with Gasteiger partial charge in [-0.2, -0.15) is 5.10 Å². The van der Waals surface area contributed by atoms with E-state index in [2.05, 4.69) is 26.1 Å². The highest BCUT2D eigenvalue weighted by molar-refractivity contribution is 9.10. The van der Waals surface area contributed by atoms with E-state index in [0.29, 0.717) is 23.7 Å². The van der Waals surface area contributed by atoms with Crippen LogP contribution in [0.3, 0.4) is 0 Å². The molecule has 4 aromatic rings. The quantitative estimate of drug-likeness (QED) is 0.253. The van der Waals surface area contributed by atoms with Crippen LogP contribution in [0.1, 0.15) is 34.6 Å². The van der Waals surface area contributed by atoms with E-state index in [-0.39, 0.29) is 11.6 Å². The number of non-ortho nitro benzene ring substituents is 1. The maximum absolute atomic E-state index is 13.5. The van der Waals surface area contributed by atoms with Gasteiger partial charge in [-0.3, -0.25) is 24.9 Å². The number of rotatable bonds is 6. The van der Waals surface area contributed by atoms with E-state index in [0.717, 1.165) is 26.9 Å². The minimum atomic E-state index is -0.509. The largest absolute Gasteiger partial charge is 0.494 e. The Kier molecular flexibility index (Phi) is 5.62. The third kappa shape index (κ3) is 3.73. The second-order valence-electron chi connectivity index (χ2n) is 7.72. The number of benzene rings is 3. The van der Waals surface area contributed by atoms with Gasteiger partial charge in [0.25, 0.3) is 11.6 Å². The monoisotopic (exact) mass is 518 g/mol. The molecule has 8 nitrogen and oxygen atoms in total. The minimum Gasteiger partial charge on any atom is -0.494 e. The van der Waals surface area contributed by atoms with Crippen LogP contribution in [0.25, 0.3) is 11.3 Å². The molecule has 5 rings (SSSR count). The van der Waals surface area contributed by atoms with Gasteiger partial charge in [-0.1, -0.05) is 15.9 Å². The Morgan fingerprint density at radius 1 is 1.06 bits per heavy atom. The molecule has 0 spiro atoms. The number of fused-ring (bicyclic) bond motifs is 1. The Hall–Kier alpha value is -3.98. The highest BCUT2D eigenvalue weighted by Crippen LogP contribution is 2.45. The average molecular weight is 519 g/mol. The van der Waals surface area contributed by atoms with Gasteiger partial charge in [0.1, 0.15) is 11.4 Å². The lowest BCUT2D eigenvalue weighted by atomic mass is 9.95. The number of halogens is 1. The van der Waals surface area contributed by atoms with Gasteiger partial charge in [0.05, 0.1) is 23.3 Å². The van der Waals surface area contributed by atoms with Crippen molar-refractivity contribution in [3.8, 4) is 17.0 Å². The zero-order chi connectivity index (χ0) is 23.8. The number of H-pyrrole nitrogens is 1. The maximum atomic E-state index is 13.5. The van der Waals surface area contributed by atoms with Crippen molar-refractivity contribution in [1.82, 2.24) is 10.2 Å². The van der Waals surface area contributed by atoms with Crippen LogP contribution >= 0.6 is 15.9 Å². The molecule has 9 heteroatoms. The summed E-state index contributed by atoms with van der Waals surface area (Å²) in [6.45, 7) is 2.49. The number of nitro groups is 1. The lowest BCUT2D eigenvalue weighted by Gasteiger charge is -2.26. The molecule has 1 aromatic heterocycles. The van der Waals surface area contributed by atoms with Gasteiger partial charge in [-0.25, -0.2) is 0 Å². The van der Waals surface area contributed by atoms with Crippen LogP contribution in [0.2, 0.25) is 0 Å². The molecule has 2 heterocycles. The van der Waals surface area contributed by atoms with Crippen LogP contribution in [0.5, 0.6) is 5.75 Å². The van der Waals surface area contributed by atoms with E-state index < -0.39 is 11.0 Å². The van der Waals surface area contributed by atoms with Crippen molar-refractivity contribution >= 4 is 33.2 Å². The molecule has 1 amide bonds. The van der Waals surface area contributed by atoms with Gasteiger partial charge in [0, 0.05) is 33.4 Å². The average Bonchev–Trinajstić information content (AvgIpc) is 3.39. The van der Waals surface area contributed by atoms with Crippen molar-refractivity contribution in [2.75, 3.05) is 11.5 Å². The summed E-state index contributed by atoms with van der Waals surface area (Å²) in [4.78, 5) is 26.0. The van der Waals surface area contributed by atoms with Crippen molar-refractivity contribution in [2.45, 2.75) is 13.0 Å². The Bertz CT molecular complexity index is 1370. The summed E-state index contributed by atoms with van der Waals surface area (Å²) in [5, 5.41) is 18.6. The number of anilines is 1. The molecule has 1 unspecified atom stereocenters. The second kappa shape index (κ2) is 8.75. The third-order valence-electron chi connectivity index (χ3n) is 5.73. The van der Waals surface area contributed by atoms with Crippen LogP contribution in [0.4, 0.5) is 11.4 Å². The molecule has 3 aromatic carbocycles. The lowest BCUT2D eigenvalue weighted by molar-refractivity contribution is -0.384. The first kappa shape index (κ1) is 21.8. The van der Waals surface area contributed by atoms with Crippen LogP contribution in [-0.2, 0) is 0 Å². The van der Waals surface area contributed by atoms with Gasteiger partial charge >= 0.3 is 0 Å². The summed E-state index contributed by atoms with van der Waals surface area (Å²) in [7, 11) is 0. The molecule has 1 aliphatic rings. The summed E-state index contributed by atoms with van der Waals surface area (Å²) in [5.74, 6) is 0.531. The molecule has 0 fully saturated rings. The van der Waals surface area contributed by atoms with Crippen molar-refractivity contribution in [2.24, 2.45) is 0 Å². The molecule has 1 aliphatic heterocycles. The van der Waals surface area contributed by atoms with E-state index in [1.807, 2.05) is 55.5 Å². The van der Waals surface area contributed by atoms with Crippen LogP contribution < -0.4 is 9.64 Å². The Morgan fingerprint density at radius 2 is 1.74 bits per heavy atom. The molecule has 34 heavy (non-hydrogen) atoms. The first-order valence-electron chi connectivity index (χ1n) is 10.6. The van der Waals surface area contributed by atoms with Crippen molar-refractivity contribution in [3.05, 3.63) is 104 Å². The smallest absolute Gasteiger partial charge is 0.277 e. The Labute approximate surface area is 203 Å². The molecule has 170 valence electrons. The Morgan fingerprint density at radius 3 is 2.35 bits per heavy atom. The standard InChI is InChI=1S/C25H19BrN4O4/c1-2-34-20-13-5-15(6-14-20)22-21-23(28-27-22)25(31)29(18-11-7-17(26)8-12-18)24(21)16-3-9-19(10-4-16)30(32)33/h3-14,24H,2H2,1H3,(H,27,28). The first-order chi connectivity index (χ1) is 16.5. The van der Waals surface area contributed by atoms with Crippen molar-refractivity contribution in [1.29, 1.82) is 0 Å². The number of nitro benzene ring substituents is 1. The third-order valence-corrected chi connectivity index (χ3v) is 6.26. The van der Waals surface area contributed by atoms with Crippen molar-refractivity contribution in [3.63, 3.8) is 0 Å². The summed E-state index contributed by atoms with van der Waals surface area (Å²) in [6.07, 6.45) is 0. The highest BCUT2D eigenvalue weighted by atomic mass is 79.9. The predicted octanol–water partition coefficient (Wildman–Crippen LogP) is 5.90. The number of ether oxygens (including phenoxy) is 1. The summed E-state index contributed by atoms with van der Waals surface area (Å²) in [5.41, 5.74) is 4.05. The normalized spacial score (nSPS) is 14.8. The fraction of sp³-hybridized carbons (Fsp3) is 0.120. The van der Waals surface area contributed by atoms with E-state index >= 15 is 0 Å². The number of nitrogens with zero attached hydrogens (tertiary/aromatic N) is 3. The number of hydrogen-bond donors (Lipinski definition) is 1. The summed E-state index contributed by atoms with van der Waals surface area (Å²) < 4.78 is 6.44. The molecule has 1 N–H and O–H groups in total. The first-order valence-corrected chi connectivity index (χ1v) is 11.4. The van der Waals surface area contributed by atoms with Gasteiger partial charge in [0.15, 0.2) is 0 Å². The van der Waals surface area contributed by atoms with Gasteiger partial charge in [-0.15, -0.1) is 0 Å². The summed E-state index contributed by atoms with van der Waals surface area (Å²) >= 11 is 3.44. The number of aromatic amines is 1. The summed E-state index contributed by atoms with van der Waals surface area (Å²) in [6, 6.07) is 20.8. The fourth-order valence-corrected chi connectivity index (χ4v) is 4.47. The van der Waals surface area contributed by atoms with E-state index in [1.165, 1.54) is 12.1 Å². The number of amides is 1. The maximum Gasteiger partial charge on any atom is 0.277 e. The molecular formula is C25H19BrN4O4. The fourth-order valence-electron chi connectivity index (χ4n) is 4.20. The van der Waals surface area contributed by atoms with Crippen LogP contribution in [0, 0.1) is 10.1 Å². The topological polar surface area (TPSA) is 101 Å². The molecule has 1 atom stereocenters. The SMILES string of the molecule is CCOc1ccc(-c2n[nH]c3c2C(c2ccc([N+](=O)[O-])cc2)N(c2ccc(Br)cc2)C3=O)cc1. The van der Waals surface area contributed by atoms with E-state index in [4.69, 9.17) is 4.74 Å². The van der Waals surface area contributed by atoms with Crippen molar-refractivity contribution < 1.29 is 14.5 Å². The molecule has 0 aliphatic carbocycles. The number of nitrogens with one attached hydrogen (secondary N) is 1. The molecule has 0 bridgehead atoms. The Balaban J connectivity index is 1.65. The van der Waals surface area contributed by atoms with Gasteiger partial charge in [-0.05, 0) is 73.2 Å². The molecular weight excluding hydrogens is 500 g/mol. The van der Waals surface area contributed by atoms with Crippen LogP contribution in [0.15, 0.2) is 77.3 Å². The minimum absolute atomic E-state index is 0.0116. The van der Waals surface area contributed by atoms with Gasteiger partial charge < -0.3 is 4.74 Å². The van der Waals surface area contributed by atoms with Gasteiger partial charge in [0.2, 0.25) is 0 Å². The van der Waals surface area contributed by atoms with E-state index in [9.17, 15) is 14.9 Å². The van der Waals surface area contributed by atoms with Crippen LogP contribution in [-0.4, -0.2) is 27.6 Å². The second-order valence-corrected chi connectivity index (χ2v) is 8.64. The molecule has 0 saturated heterocycles. The zero-order valence-corrected chi connectivity index (χ0v) is 19.7. The number of carbonyl (C=O) groups is 1. The zero-order valence-electron chi connectivity index (χ0n) is 18.1. The van der Waals surface area contributed by atoms with E-state index in [1.54, 1.807) is 17.0 Å². The highest BCUT2D eigenvalue weighted by Gasteiger charge is 2.43.